The maximum absolute atomic E-state index is 13.9. The van der Waals surface area contributed by atoms with E-state index in [1.54, 1.807) is 18.7 Å². The zero-order valence-electron chi connectivity index (χ0n) is 20.0. The Kier molecular flexibility index (Phi) is 5.76. The molecule has 5 rings (SSSR count). The Labute approximate surface area is 204 Å². The van der Waals surface area contributed by atoms with Crippen molar-refractivity contribution in [2.24, 2.45) is 5.92 Å². The van der Waals surface area contributed by atoms with Crippen LogP contribution in [-0.4, -0.2) is 46.1 Å². The summed E-state index contributed by atoms with van der Waals surface area (Å²) in [5.74, 6) is -0.509. The van der Waals surface area contributed by atoms with Crippen molar-refractivity contribution in [2.45, 2.75) is 46.0 Å². The van der Waals surface area contributed by atoms with Crippen molar-refractivity contribution in [3.63, 3.8) is 0 Å². The molecule has 1 fully saturated rings. The molecule has 0 saturated carbocycles. The molecule has 7 heteroatoms. The van der Waals surface area contributed by atoms with Gasteiger partial charge in [-0.1, -0.05) is 42.0 Å². The van der Waals surface area contributed by atoms with Gasteiger partial charge in [0.25, 0.3) is 0 Å². The fourth-order valence-corrected chi connectivity index (χ4v) is 6.79. The number of anilines is 1. The Morgan fingerprint density at radius 2 is 1.82 bits per heavy atom. The van der Waals surface area contributed by atoms with Crippen LogP contribution in [0, 0.1) is 26.7 Å². The maximum Gasteiger partial charge on any atom is 0.332 e. The molecule has 3 heterocycles. The lowest BCUT2D eigenvalue weighted by atomic mass is 9.89. The van der Waals surface area contributed by atoms with Gasteiger partial charge in [0.2, 0.25) is 11.8 Å². The number of hydrogen-bond acceptors (Lipinski definition) is 4. The summed E-state index contributed by atoms with van der Waals surface area (Å²) in [4.78, 5) is 46.0. The third-order valence-corrected chi connectivity index (χ3v) is 8.59. The molecular weight excluding hydrogens is 446 g/mol. The summed E-state index contributed by atoms with van der Waals surface area (Å²) in [6, 6.07) is 13.5. The van der Waals surface area contributed by atoms with E-state index in [0.29, 0.717) is 31.7 Å². The second-order valence-corrected chi connectivity index (χ2v) is 10.6. The first kappa shape index (κ1) is 22.7. The Hall–Kier alpha value is -3.06. The molecule has 34 heavy (non-hydrogen) atoms. The summed E-state index contributed by atoms with van der Waals surface area (Å²) in [5.41, 5.74) is 5.97. The lowest BCUT2D eigenvalue weighted by molar-refractivity contribution is -0.128. The zero-order valence-corrected chi connectivity index (χ0v) is 20.8. The third kappa shape index (κ3) is 3.72. The number of amides is 4. The smallest absolute Gasteiger partial charge is 0.332 e. The minimum absolute atomic E-state index is 0.0400. The summed E-state index contributed by atoms with van der Waals surface area (Å²) in [5, 5.41) is -0.294. The summed E-state index contributed by atoms with van der Waals surface area (Å²) >= 11 is 1.59. The minimum atomic E-state index is -0.392. The van der Waals surface area contributed by atoms with E-state index in [9.17, 15) is 14.4 Å². The Morgan fingerprint density at radius 1 is 1.06 bits per heavy atom. The molecule has 4 amide bonds. The van der Waals surface area contributed by atoms with Crippen LogP contribution in [0.1, 0.15) is 35.6 Å². The maximum atomic E-state index is 13.9. The number of benzene rings is 2. The van der Waals surface area contributed by atoms with Crippen LogP contribution in [-0.2, 0) is 16.1 Å². The fraction of sp³-hybridized carbons (Fsp3) is 0.370. The number of imide groups is 1. The van der Waals surface area contributed by atoms with Crippen LogP contribution in [0.2, 0.25) is 0 Å². The van der Waals surface area contributed by atoms with Crippen LogP contribution in [0.5, 0.6) is 0 Å². The molecule has 2 aromatic carbocycles. The van der Waals surface area contributed by atoms with E-state index in [2.05, 4.69) is 25.1 Å². The second-order valence-electron chi connectivity index (χ2n) is 9.43. The largest absolute Gasteiger partial charge is 0.338 e. The SMILES string of the molecule is CC(=O)N1CCC2=C(C1)SC1C2C(=O)N(c2ccccc2C)C(=O)N1Cc1cc(C)ccc1C. The molecule has 0 N–H and O–H groups in total. The number of rotatable bonds is 3. The van der Waals surface area contributed by atoms with Crippen molar-refractivity contribution in [1.82, 2.24) is 9.80 Å². The first-order chi connectivity index (χ1) is 16.3. The molecule has 2 unspecified atom stereocenters. The molecular formula is C27H29N3O3S. The van der Waals surface area contributed by atoms with Crippen molar-refractivity contribution in [3.05, 3.63) is 75.2 Å². The molecule has 176 valence electrons. The van der Waals surface area contributed by atoms with Crippen molar-refractivity contribution in [2.75, 3.05) is 18.0 Å². The number of aryl methyl sites for hydroxylation is 3. The van der Waals surface area contributed by atoms with Crippen molar-refractivity contribution >= 4 is 35.3 Å². The van der Waals surface area contributed by atoms with Gasteiger partial charge in [-0.3, -0.25) is 9.59 Å². The molecule has 0 aliphatic carbocycles. The van der Waals surface area contributed by atoms with Crippen LogP contribution < -0.4 is 4.90 Å². The number of hydrogen-bond donors (Lipinski definition) is 0. The number of para-hydroxylation sites is 1. The Morgan fingerprint density at radius 3 is 2.56 bits per heavy atom. The highest BCUT2D eigenvalue weighted by Gasteiger charge is 2.53. The molecule has 0 spiro atoms. The number of thioether (sulfide) groups is 1. The van der Waals surface area contributed by atoms with Gasteiger partial charge in [0.05, 0.1) is 23.5 Å². The van der Waals surface area contributed by atoms with Crippen LogP contribution in [0.4, 0.5) is 10.5 Å². The predicted octanol–water partition coefficient (Wildman–Crippen LogP) is 4.78. The number of nitrogens with zero attached hydrogens (tertiary/aromatic N) is 3. The molecule has 2 aromatic rings. The summed E-state index contributed by atoms with van der Waals surface area (Å²) in [6.45, 7) is 9.18. The van der Waals surface area contributed by atoms with Crippen molar-refractivity contribution in [1.29, 1.82) is 0 Å². The molecule has 0 aromatic heterocycles. The number of urea groups is 1. The highest BCUT2D eigenvalue weighted by Crippen LogP contribution is 2.51. The number of carbonyl (C=O) groups is 3. The van der Waals surface area contributed by atoms with Crippen LogP contribution in [0.25, 0.3) is 0 Å². The van der Waals surface area contributed by atoms with E-state index in [0.717, 1.165) is 32.7 Å². The van der Waals surface area contributed by atoms with Gasteiger partial charge in [0, 0.05) is 24.9 Å². The third-order valence-electron chi connectivity index (χ3n) is 7.14. The number of fused-ring (bicyclic) bond motifs is 2. The molecule has 1 saturated heterocycles. The second kappa shape index (κ2) is 8.62. The lowest BCUT2D eigenvalue weighted by Crippen LogP contribution is -2.60. The van der Waals surface area contributed by atoms with Gasteiger partial charge in [-0.15, -0.1) is 11.8 Å². The molecule has 6 nitrogen and oxygen atoms in total. The van der Waals surface area contributed by atoms with E-state index in [1.165, 1.54) is 4.90 Å². The van der Waals surface area contributed by atoms with E-state index < -0.39 is 5.92 Å². The average molecular weight is 476 g/mol. The molecule has 3 aliphatic rings. The quantitative estimate of drug-likeness (QED) is 0.641. The first-order valence-electron chi connectivity index (χ1n) is 11.7. The molecule has 2 atom stereocenters. The standard InChI is InChI=1S/C27H29N3O3S/c1-16-9-10-17(2)20(13-16)14-29-26-24(21-11-12-28(19(4)31)15-23(21)34-26)25(32)30(27(29)33)22-8-6-5-7-18(22)3/h5-10,13,24,26H,11-12,14-15H2,1-4H3. The van der Waals surface area contributed by atoms with E-state index >= 15 is 0 Å². The highest BCUT2D eigenvalue weighted by atomic mass is 32.2. The predicted molar refractivity (Wildman–Crippen MR) is 134 cm³/mol. The Bertz CT molecular complexity index is 1240. The lowest BCUT2D eigenvalue weighted by Gasteiger charge is -2.43. The van der Waals surface area contributed by atoms with E-state index in [4.69, 9.17) is 0 Å². The van der Waals surface area contributed by atoms with Crippen LogP contribution in [0.15, 0.2) is 52.9 Å². The van der Waals surface area contributed by atoms with Gasteiger partial charge in [0.1, 0.15) is 0 Å². The van der Waals surface area contributed by atoms with Crippen LogP contribution >= 0.6 is 11.8 Å². The van der Waals surface area contributed by atoms with Gasteiger partial charge >= 0.3 is 6.03 Å². The van der Waals surface area contributed by atoms with E-state index in [-0.39, 0.29) is 23.2 Å². The normalized spacial score (nSPS) is 22.3. The molecule has 0 bridgehead atoms. The van der Waals surface area contributed by atoms with Gasteiger partial charge in [0.15, 0.2) is 0 Å². The van der Waals surface area contributed by atoms with Gasteiger partial charge in [-0.25, -0.2) is 9.69 Å². The van der Waals surface area contributed by atoms with Gasteiger partial charge in [-0.05, 0) is 55.5 Å². The average Bonchev–Trinajstić information content (AvgIpc) is 3.19. The number of carbonyl (C=O) groups excluding carboxylic acids is 3. The topological polar surface area (TPSA) is 60.9 Å². The Balaban J connectivity index is 1.58. The fourth-order valence-electron chi connectivity index (χ4n) is 5.18. The van der Waals surface area contributed by atoms with Crippen molar-refractivity contribution in [3.8, 4) is 0 Å². The molecule has 0 radical (unpaired) electrons. The summed E-state index contributed by atoms with van der Waals surface area (Å²) in [7, 11) is 0. The minimum Gasteiger partial charge on any atom is -0.338 e. The summed E-state index contributed by atoms with van der Waals surface area (Å²) in [6.07, 6.45) is 0.669. The van der Waals surface area contributed by atoms with Gasteiger partial charge in [-0.2, -0.15) is 0 Å². The van der Waals surface area contributed by atoms with E-state index in [1.807, 2.05) is 47.9 Å². The van der Waals surface area contributed by atoms with Crippen LogP contribution in [0.3, 0.4) is 0 Å². The monoisotopic (exact) mass is 475 g/mol. The molecule has 3 aliphatic heterocycles. The zero-order chi connectivity index (χ0) is 24.1. The van der Waals surface area contributed by atoms with Crippen molar-refractivity contribution < 1.29 is 14.4 Å². The highest BCUT2D eigenvalue weighted by molar-refractivity contribution is 8.04. The van der Waals surface area contributed by atoms with Gasteiger partial charge < -0.3 is 9.80 Å². The summed E-state index contributed by atoms with van der Waals surface area (Å²) < 4.78 is 0. The first-order valence-corrected chi connectivity index (χ1v) is 12.5.